The van der Waals surface area contributed by atoms with Crippen LogP contribution in [0.2, 0.25) is 0 Å². The fraction of sp³-hybridized carbons (Fsp3) is 0.522. The number of aliphatic hydroxyl groups is 1. The molecule has 0 saturated carbocycles. The van der Waals surface area contributed by atoms with Crippen LogP contribution in [-0.4, -0.2) is 83.7 Å². The molecule has 0 amide bonds. The Bertz CT molecular complexity index is 885. The Morgan fingerprint density at radius 2 is 1.78 bits per heavy atom. The van der Waals surface area contributed by atoms with Crippen molar-refractivity contribution >= 4 is 41.4 Å². The first kappa shape index (κ1) is 25.9. The third-order valence-corrected chi connectivity index (χ3v) is 6.88. The van der Waals surface area contributed by atoms with E-state index in [1.54, 1.807) is 11.8 Å². The molecule has 4 rings (SSSR count). The number of aliphatic hydroxyl groups excluding tert-OH is 1. The van der Waals surface area contributed by atoms with E-state index in [0.29, 0.717) is 0 Å². The van der Waals surface area contributed by atoms with Crippen LogP contribution < -0.4 is 4.90 Å². The number of thioether (sulfide) groups is 1. The van der Waals surface area contributed by atoms with Crippen molar-refractivity contribution in [2.45, 2.75) is 37.2 Å². The second-order valence-electron chi connectivity index (χ2n) is 8.43. The van der Waals surface area contributed by atoms with E-state index < -0.39 is 0 Å². The molecule has 1 aromatic heterocycles. The topological polar surface area (TPSA) is 114 Å². The lowest BCUT2D eigenvalue weighted by molar-refractivity contribution is -0.123. The zero-order valence-corrected chi connectivity index (χ0v) is 19.7. The molecule has 2 aliphatic rings. The smallest absolute Gasteiger partial charge is 0.290 e. The summed E-state index contributed by atoms with van der Waals surface area (Å²) in [5.74, 6) is 1.10. The molecule has 2 aliphatic heterocycles. The number of benzene rings is 1. The molecule has 176 valence electrons. The van der Waals surface area contributed by atoms with Gasteiger partial charge in [-0.15, -0.1) is 11.8 Å². The Labute approximate surface area is 193 Å². The minimum Gasteiger partial charge on any atom is -0.483 e. The van der Waals surface area contributed by atoms with E-state index in [1.807, 2.05) is 0 Å². The molecule has 9 heteroatoms. The van der Waals surface area contributed by atoms with E-state index in [2.05, 4.69) is 54.3 Å². The van der Waals surface area contributed by atoms with Crippen LogP contribution >= 0.6 is 11.8 Å². The number of β-amino-alcohol motifs (C(OH)–C–C–N with tert-alkyl or cyclic N) is 1. The number of likely N-dealkylation sites (tertiary alicyclic amines) is 1. The summed E-state index contributed by atoms with van der Waals surface area (Å²) in [4.78, 5) is 27.7. The lowest BCUT2D eigenvalue weighted by Crippen LogP contribution is -2.52. The SMILES string of the molecule is CSc1ccc2c(C)cc(N3CCC4(CC3)CC(O)CN(C)C4)nc2c1.O=CO.O=CO. The number of carbonyl (C=O) groups is 2. The van der Waals surface area contributed by atoms with Crippen LogP contribution in [0.25, 0.3) is 10.9 Å². The predicted molar refractivity (Wildman–Crippen MR) is 128 cm³/mol. The van der Waals surface area contributed by atoms with Crippen LogP contribution in [0.15, 0.2) is 29.2 Å². The molecule has 1 atom stereocenters. The largest absolute Gasteiger partial charge is 0.483 e. The van der Waals surface area contributed by atoms with Gasteiger partial charge in [0.1, 0.15) is 5.82 Å². The van der Waals surface area contributed by atoms with E-state index in [-0.39, 0.29) is 24.5 Å². The highest BCUT2D eigenvalue weighted by Gasteiger charge is 2.40. The van der Waals surface area contributed by atoms with Crippen molar-refractivity contribution in [3.8, 4) is 0 Å². The van der Waals surface area contributed by atoms with Gasteiger partial charge < -0.3 is 25.1 Å². The maximum absolute atomic E-state index is 10.2. The Morgan fingerprint density at radius 1 is 1.16 bits per heavy atom. The maximum Gasteiger partial charge on any atom is 0.290 e. The van der Waals surface area contributed by atoms with E-state index in [9.17, 15) is 5.11 Å². The molecule has 32 heavy (non-hydrogen) atoms. The fourth-order valence-electron chi connectivity index (χ4n) is 4.85. The van der Waals surface area contributed by atoms with E-state index in [4.69, 9.17) is 24.8 Å². The molecular formula is C23H33N3O5S. The van der Waals surface area contributed by atoms with Crippen molar-refractivity contribution in [1.29, 1.82) is 0 Å². The Kier molecular flexibility index (Phi) is 9.74. The van der Waals surface area contributed by atoms with Gasteiger partial charge in [0.2, 0.25) is 0 Å². The number of aryl methyl sites for hydroxylation is 1. The Balaban J connectivity index is 0.000000547. The Hall–Kier alpha value is -2.36. The van der Waals surface area contributed by atoms with Gasteiger partial charge in [-0.05, 0) is 68.7 Å². The number of piperidine rings is 2. The molecular weight excluding hydrogens is 430 g/mol. The average molecular weight is 464 g/mol. The van der Waals surface area contributed by atoms with E-state index >= 15 is 0 Å². The molecule has 1 unspecified atom stereocenters. The zero-order valence-electron chi connectivity index (χ0n) is 18.9. The number of rotatable bonds is 2. The van der Waals surface area contributed by atoms with E-state index in [0.717, 1.165) is 56.8 Å². The molecule has 0 bridgehead atoms. The fourth-order valence-corrected chi connectivity index (χ4v) is 5.29. The summed E-state index contributed by atoms with van der Waals surface area (Å²) < 4.78 is 0. The first-order chi connectivity index (χ1) is 15.3. The normalized spacial score (nSPS) is 20.0. The summed E-state index contributed by atoms with van der Waals surface area (Å²) in [7, 11) is 2.13. The van der Waals surface area contributed by atoms with Crippen LogP contribution in [-0.2, 0) is 9.59 Å². The van der Waals surface area contributed by atoms with Gasteiger partial charge in [-0.3, -0.25) is 9.59 Å². The van der Waals surface area contributed by atoms with Crippen molar-refractivity contribution in [2.24, 2.45) is 5.41 Å². The summed E-state index contributed by atoms with van der Waals surface area (Å²) in [6, 6.07) is 8.81. The highest BCUT2D eigenvalue weighted by Crippen LogP contribution is 2.40. The summed E-state index contributed by atoms with van der Waals surface area (Å²) in [5, 5.41) is 25.2. The summed E-state index contributed by atoms with van der Waals surface area (Å²) >= 11 is 1.76. The molecule has 1 spiro atoms. The van der Waals surface area contributed by atoms with Crippen molar-refractivity contribution in [2.75, 3.05) is 44.4 Å². The predicted octanol–water partition coefficient (Wildman–Crippen LogP) is 2.95. The third kappa shape index (κ3) is 6.57. The summed E-state index contributed by atoms with van der Waals surface area (Å²) in [6.45, 7) is 5.67. The number of carboxylic acid groups (broad SMARTS) is 2. The van der Waals surface area contributed by atoms with E-state index in [1.165, 1.54) is 15.8 Å². The first-order valence-electron chi connectivity index (χ1n) is 10.5. The maximum atomic E-state index is 10.2. The van der Waals surface area contributed by atoms with Crippen LogP contribution in [0.4, 0.5) is 5.82 Å². The monoisotopic (exact) mass is 463 g/mol. The first-order valence-corrected chi connectivity index (χ1v) is 11.8. The molecule has 0 radical (unpaired) electrons. The number of hydrogen-bond acceptors (Lipinski definition) is 7. The van der Waals surface area contributed by atoms with Crippen molar-refractivity contribution in [3.63, 3.8) is 0 Å². The molecule has 2 fully saturated rings. The number of aromatic nitrogens is 1. The third-order valence-electron chi connectivity index (χ3n) is 6.15. The molecule has 3 heterocycles. The van der Waals surface area contributed by atoms with Gasteiger partial charge in [0.05, 0.1) is 11.6 Å². The van der Waals surface area contributed by atoms with Crippen molar-refractivity contribution in [1.82, 2.24) is 9.88 Å². The van der Waals surface area contributed by atoms with Gasteiger partial charge in [0.25, 0.3) is 12.9 Å². The highest BCUT2D eigenvalue weighted by molar-refractivity contribution is 7.98. The molecule has 1 aromatic carbocycles. The van der Waals surface area contributed by atoms with Gasteiger partial charge in [-0.1, -0.05) is 6.07 Å². The van der Waals surface area contributed by atoms with Gasteiger partial charge in [0.15, 0.2) is 0 Å². The van der Waals surface area contributed by atoms with Crippen LogP contribution in [0.1, 0.15) is 24.8 Å². The quantitative estimate of drug-likeness (QED) is 0.457. The van der Waals surface area contributed by atoms with Gasteiger partial charge in [0, 0.05) is 36.5 Å². The standard InChI is InChI=1S/C21H29N3OS.2CH2O2/c1-15-10-20(22-19-11-17(26-3)4-5-18(15)19)24-8-6-21(7-9-24)12-16(25)13-23(2)14-21;2*2-1-3/h4-5,10-11,16,25H,6-9,12-14H2,1-3H3;2*1H,(H,2,3). The second kappa shape index (κ2) is 12.0. The summed E-state index contributed by atoms with van der Waals surface area (Å²) in [5.41, 5.74) is 2.67. The Morgan fingerprint density at radius 3 is 2.34 bits per heavy atom. The molecule has 2 saturated heterocycles. The van der Waals surface area contributed by atoms with Gasteiger partial charge >= 0.3 is 0 Å². The van der Waals surface area contributed by atoms with Crippen molar-refractivity contribution < 1.29 is 24.9 Å². The number of anilines is 1. The molecule has 3 N–H and O–H groups in total. The molecule has 2 aromatic rings. The minimum absolute atomic E-state index is 0.175. The number of pyridine rings is 1. The van der Waals surface area contributed by atoms with Crippen molar-refractivity contribution in [3.05, 3.63) is 29.8 Å². The lowest BCUT2D eigenvalue weighted by atomic mass is 9.72. The molecule has 8 nitrogen and oxygen atoms in total. The number of hydrogen-bond donors (Lipinski definition) is 3. The van der Waals surface area contributed by atoms with Crippen LogP contribution in [0, 0.1) is 12.3 Å². The van der Waals surface area contributed by atoms with Gasteiger partial charge in [-0.25, -0.2) is 4.98 Å². The minimum atomic E-state index is -0.250. The second-order valence-corrected chi connectivity index (χ2v) is 9.31. The van der Waals surface area contributed by atoms with Crippen LogP contribution in [0.3, 0.4) is 0 Å². The lowest BCUT2D eigenvalue weighted by Gasteiger charge is -2.48. The summed E-state index contributed by atoms with van der Waals surface area (Å²) in [6.07, 6.45) is 5.16. The average Bonchev–Trinajstić information content (AvgIpc) is 2.74. The van der Waals surface area contributed by atoms with Gasteiger partial charge in [-0.2, -0.15) is 0 Å². The highest BCUT2D eigenvalue weighted by atomic mass is 32.2. The number of likely N-dealkylation sites (N-methyl/N-ethyl adjacent to an activating group) is 1. The zero-order chi connectivity index (χ0) is 23.7. The number of nitrogens with zero attached hydrogens (tertiary/aromatic N) is 3. The molecule has 0 aliphatic carbocycles. The number of fused-ring (bicyclic) bond motifs is 1. The van der Waals surface area contributed by atoms with Crippen LogP contribution in [0.5, 0.6) is 0 Å².